The Bertz CT molecular complexity index is 497. The molecule has 0 saturated carbocycles. The minimum atomic E-state index is 0.393. The molecule has 0 spiro atoms. The second-order valence-corrected chi connectivity index (χ2v) is 6.41. The molecule has 0 aliphatic carbocycles. The number of hydrogen-bond acceptors (Lipinski definition) is 2. The number of likely N-dealkylation sites (tertiary alicyclic amines) is 1. The molecule has 0 amide bonds. The van der Waals surface area contributed by atoms with Crippen molar-refractivity contribution >= 4 is 5.96 Å². The molecule has 0 radical (unpaired) electrons. The summed E-state index contributed by atoms with van der Waals surface area (Å²) < 4.78 is 5.26. The van der Waals surface area contributed by atoms with E-state index < -0.39 is 0 Å². The molecule has 1 heterocycles. The summed E-state index contributed by atoms with van der Waals surface area (Å²) in [6.45, 7) is 7.68. The molecule has 21 heavy (non-hydrogen) atoms. The molecule has 1 aromatic rings. The van der Waals surface area contributed by atoms with E-state index in [0.717, 1.165) is 37.8 Å². The molecular weight excluding hydrogens is 262 g/mol. The number of nitrogens with one attached hydrogen (secondary N) is 1. The first-order valence-electron chi connectivity index (χ1n) is 7.62. The van der Waals surface area contributed by atoms with E-state index in [1.807, 2.05) is 19.2 Å². The van der Waals surface area contributed by atoms with E-state index >= 15 is 0 Å². The Balaban J connectivity index is 1.84. The van der Waals surface area contributed by atoms with Gasteiger partial charge in [0, 0.05) is 26.7 Å². The molecule has 2 rings (SSSR count). The van der Waals surface area contributed by atoms with Gasteiger partial charge in [-0.1, -0.05) is 26.0 Å². The van der Waals surface area contributed by atoms with Crippen molar-refractivity contribution in [2.24, 2.45) is 10.4 Å². The number of benzene rings is 1. The predicted molar refractivity (Wildman–Crippen MR) is 88.0 cm³/mol. The third-order valence-electron chi connectivity index (χ3n) is 4.02. The summed E-state index contributed by atoms with van der Waals surface area (Å²) in [7, 11) is 3.56. The number of rotatable bonds is 4. The van der Waals surface area contributed by atoms with E-state index in [1.54, 1.807) is 7.11 Å². The summed E-state index contributed by atoms with van der Waals surface area (Å²) in [4.78, 5) is 6.76. The average molecular weight is 289 g/mol. The number of aliphatic imine (C=N–C) groups is 1. The Hall–Kier alpha value is -1.71. The Kier molecular flexibility index (Phi) is 5.10. The van der Waals surface area contributed by atoms with Crippen LogP contribution in [0.2, 0.25) is 0 Å². The molecule has 0 unspecified atom stereocenters. The van der Waals surface area contributed by atoms with Crippen molar-refractivity contribution < 1.29 is 4.74 Å². The van der Waals surface area contributed by atoms with Gasteiger partial charge < -0.3 is 15.0 Å². The van der Waals surface area contributed by atoms with E-state index in [2.05, 4.69) is 41.2 Å². The number of guanidine groups is 1. The van der Waals surface area contributed by atoms with Crippen molar-refractivity contribution in [2.75, 3.05) is 33.8 Å². The molecule has 0 aromatic heterocycles. The fraction of sp³-hybridized carbons (Fsp3) is 0.588. The van der Waals surface area contributed by atoms with Crippen LogP contribution in [0.4, 0.5) is 0 Å². The monoisotopic (exact) mass is 289 g/mol. The summed E-state index contributed by atoms with van der Waals surface area (Å²) in [5.74, 6) is 1.93. The molecule has 4 heteroatoms. The smallest absolute Gasteiger partial charge is 0.193 e. The minimum absolute atomic E-state index is 0.393. The Labute approximate surface area is 128 Å². The molecule has 4 nitrogen and oxygen atoms in total. The van der Waals surface area contributed by atoms with Gasteiger partial charge in [0.15, 0.2) is 5.96 Å². The van der Waals surface area contributed by atoms with Crippen LogP contribution in [0.3, 0.4) is 0 Å². The highest BCUT2D eigenvalue weighted by Gasteiger charge is 2.30. The van der Waals surface area contributed by atoms with E-state index in [0.29, 0.717) is 5.41 Å². The largest absolute Gasteiger partial charge is 0.497 e. The molecule has 1 fully saturated rings. The summed E-state index contributed by atoms with van der Waals surface area (Å²) in [5.41, 5.74) is 1.67. The highest BCUT2D eigenvalue weighted by atomic mass is 16.5. The molecule has 1 saturated heterocycles. The Morgan fingerprint density at radius 1 is 1.43 bits per heavy atom. The van der Waals surface area contributed by atoms with Crippen molar-refractivity contribution in [1.29, 1.82) is 0 Å². The van der Waals surface area contributed by atoms with Gasteiger partial charge in [-0.05, 0) is 36.0 Å². The van der Waals surface area contributed by atoms with E-state index in [4.69, 9.17) is 4.74 Å². The zero-order valence-electron chi connectivity index (χ0n) is 13.6. The van der Waals surface area contributed by atoms with Crippen LogP contribution >= 0.6 is 0 Å². The van der Waals surface area contributed by atoms with Gasteiger partial charge >= 0.3 is 0 Å². The molecule has 1 aromatic carbocycles. The molecule has 1 aliphatic rings. The van der Waals surface area contributed by atoms with E-state index in [9.17, 15) is 0 Å². The van der Waals surface area contributed by atoms with Crippen LogP contribution in [-0.4, -0.2) is 44.7 Å². The van der Waals surface area contributed by atoms with Gasteiger partial charge in [-0.15, -0.1) is 0 Å². The van der Waals surface area contributed by atoms with Crippen molar-refractivity contribution in [3.05, 3.63) is 29.8 Å². The first-order valence-corrected chi connectivity index (χ1v) is 7.62. The van der Waals surface area contributed by atoms with Crippen molar-refractivity contribution in [2.45, 2.75) is 26.7 Å². The highest BCUT2D eigenvalue weighted by Crippen LogP contribution is 2.28. The van der Waals surface area contributed by atoms with Gasteiger partial charge in [0.2, 0.25) is 0 Å². The third-order valence-corrected chi connectivity index (χ3v) is 4.02. The lowest BCUT2D eigenvalue weighted by Crippen LogP contribution is -2.41. The molecular formula is C17H27N3O. The first kappa shape index (κ1) is 15.7. The van der Waals surface area contributed by atoms with Gasteiger partial charge in [-0.25, -0.2) is 0 Å². The summed E-state index contributed by atoms with van der Waals surface area (Å²) in [5, 5.41) is 3.47. The van der Waals surface area contributed by atoms with Gasteiger partial charge in [0.05, 0.1) is 7.11 Å². The van der Waals surface area contributed by atoms with E-state index in [1.165, 1.54) is 12.0 Å². The van der Waals surface area contributed by atoms with Crippen LogP contribution in [0.1, 0.15) is 25.8 Å². The van der Waals surface area contributed by atoms with Crippen molar-refractivity contribution in [3.8, 4) is 5.75 Å². The number of ether oxygens (including phenoxy) is 1. The second-order valence-electron chi connectivity index (χ2n) is 6.41. The lowest BCUT2D eigenvalue weighted by molar-refractivity contribution is 0.370. The van der Waals surface area contributed by atoms with Gasteiger partial charge in [-0.2, -0.15) is 0 Å². The first-order chi connectivity index (χ1) is 10.0. The van der Waals surface area contributed by atoms with Crippen LogP contribution in [0.15, 0.2) is 29.3 Å². The van der Waals surface area contributed by atoms with Crippen LogP contribution in [-0.2, 0) is 6.42 Å². The predicted octanol–water partition coefficient (Wildman–Crippen LogP) is 2.55. The highest BCUT2D eigenvalue weighted by molar-refractivity contribution is 5.80. The standard InChI is InChI=1S/C17H27N3O/c1-17(2)9-11-20(13-17)16(18-3)19-10-8-14-6-5-7-15(12-14)21-4/h5-7,12H,8-11,13H2,1-4H3,(H,18,19). The third kappa shape index (κ3) is 4.38. The van der Waals surface area contributed by atoms with Gasteiger partial charge in [0.25, 0.3) is 0 Å². The maximum absolute atomic E-state index is 5.26. The lowest BCUT2D eigenvalue weighted by Gasteiger charge is -2.23. The fourth-order valence-corrected chi connectivity index (χ4v) is 2.77. The maximum atomic E-state index is 5.26. The minimum Gasteiger partial charge on any atom is -0.497 e. The van der Waals surface area contributed by atoms with Crippen molar-refractivity contribution in [1.82, 2.24) is 10.2 Å². The van der Waals surface area contributed by atoms with Crippen molar-refractivity contribution in [3.63, 3.8) is 0 Å². The van der Waals surface area contributed by atoms with Crippen LogP contribution in [0, 0.1) is 5.41 Å². The number of hydrogen-bond donors (Lipinski definition) is 1. The van der Waals surface area contributed by atoms with Crippen LogP contribution in [0.25, 0.3) is 0 Å². The normalized spacial score (nSPS) is 17.9. The average Bonchev–Trinajstić information content (AvgIpc) is 2.84. The summed E-state index contributed by atoms with van der Waals surface area (Å²) >= 11 is 0. The molecule has 116 valence electrons. The zero-order valence-corrected chi connectivity index (χ0v) is 13.6. The Morgan fingerprint density at radius 2 is 2.24 bits per heavy atom. The molecule has 1 aliphatic heterocycles. The zero-order chi connectivity index (χ0) is 15.3. The summed E-state index contributed by atoms with van der Waals surface area (Å²) in [6.07, 6.45) is 2.19. The number of methoxy groups -OCH3 is 1. The van der Waals surface area contributed by atoms with Gasteiger partial charge in [-0.3, -0.25) is 4.99 Å². The molecule has 0 atom stereocenters. The second kappa shape index (κ2) is 6.83. The fourth-order valence-electron chi connectivity index (χ4n) is 2.77. The quantitative estimate of drug-likeness (QED) is 0.683. The van der Waals surface area contributed by atoms with E-state index in [-0.39, 0.29) is 0 Å². The van der Waals surface area contributed by atoms with Crippen LogP contribution < -0.4 is 10.1 Å². The number of nitrogens with zero attached hydrogens (tertiary/aromatic N) is 2. The summed E-state index contributed by atoms with van der Waals surface area (Å²) in [6, 6.07) is 8.23. The van der Waals surface area contributed by atoms with Crippen LogP contribution in [0.5, 0.6) is 5.75 Å². The maximum Gasteiger partial charge on any atom is 0.193 e. The lowest BCUT2D eigenvalue weighted by atomic mass is 9.93. The molecule has 1 N–H and O–H groups in total. The topological polar surface area (TPSA) is 36.9 Å². The Morgan fingerprint density at radius 3 is 2.86 bits per heavy atom. The SMILES string of the molecule is CN=C(NCCc1cccc(OC)c1)N1CCC(C)(C)C1. The molecule has 0 bridgehead atoms. The van der Waals surface area contributed by atoms with Gasteiger partial charge in [0.1, 0.15) is 5.75 Å².